The number of amides is 1. The average molecular weight is 314 g/mol. The van der Waals surface area contributed by atoms with Crippen LogP contribution in [0.4, 0.5) is 0 Å². The van der Waals surface area contributed by atoms with E-state index < -0.39 is 11.5 Å². The van der Waals surface area contributed by atoms with Crippen molar-refractivity contribution in [2.45, 2.75) is 25.4 Å². The zero-order valence-electron chi connectivity index (χ0n) is 12.5. The highest BCUT2D eigenvalue weighted by Crippen LogP contribution is 2.24. The molecule has 114 valence electrons. The van der Waals surface area contributed by atoms with Crippen molar-refractivity contribution in [1.82, 2.24) is 5.32 Å². The van der Waals surface area contributed by atoms with Gasteiger partial charge in [0.1, 0.15) is 0 Å². The van der Waals surface area contributed by atoms with E-state index in [-0.39, 0.29) is 12.5 Å². The van der Waals surface area contributed by atoms with Crippen molar-refractivity contribution in [3.05, 3.63) is 57.8 Å². The predicted molar refractivity (Wildman–Crippen MR) is 86.5 cm³/mol. The Labute approximate surface area is 134 Å². The molecule has 4 nitrogen and oxygen atoms in total. The molecule has 1 aromatic carbocycles. The molecule has 2 aromatic rings. The molecule has 1 aromatic heterocycles. The van der Waals surface area contributed by atoms with Gasteiger partial charge in [-0.2, -0.15) is 16.6 Å². The lowest BCUT2D eigenvalue weighted by Crippen LogP contribution is -2.41. The first-order valence-electron chi connectivity index (χ1n) is 6.94. The van der Waals surface area contributed by atoms with E-state index in [0.717, 1.165) is 11.1 Å². The van der Waals surface area contributed by atoms with Crippen LogP contribution < -0.4 is 5.32 Å². The van der Waals surface area contributed by atoms with Crippen LogP contribution >= 0.6 is 11.3 Å². The van der Waals surface area contributed by atoms with Gasteiger partial charge in [0.25, 0.3) is 0 Å². The van der Waals surface area contributed by atoms with Gasteiger partial charge in [0, 0.05) is 6.54 Å². The number of benzene rings is 1. The van der Waals surface area contributed by atoms with Crippen LogP contribution in [0, 0.1) is 11.3 Å². The molecule has 0 bridgehead atoms. The highest BCUT2D eigenvalue weighted by molar-refractivity contribution is 7.07. The Kier molecular flexibility index (Phi) is 4.96. The summed E-state index contributed by atoms with van der Waals surface area (Å²) in [5.74, 6) is -0.183. The van der Waals surface area contributed by atoms with Crippen LogP contribution in [0.15, 0.2) is 41.1 Å². The second kappa shape index (κ2) is 6.73. The molecule has 2 rings (SSSR count). The molecule has 5 heteroatoms. The zero-order chi connectivity index (χ0) is 16.2. The van der Waals surface area contributed by atoms with Gasteiger partial charge >= 0.3 is 0 Å². The number of nitrogens with one attached hydrogen (secondary N) is 1. The third-order valence-electron chi connectivity index (χ3n) is 3.66. The van der Waals surface area contributed by atoms with Gasteiger partial charge in [0.15, 0.2) is 0 Å². The number of rotatable bonds is 5. The van der Waals surface area contributed by atoms with E-state index in [1.807, 2.05) is 22.9 Å². The van der Waals surface area contributed by atoms with Crippen LogP contribution in [0.25, 0.3) is 0 Å². The maximum absolute atomic E-state index is 12.4. The summed E-state index contributed by atoms with van der Waals surface area (Å²) in [6, 6.07) is 10.9. The Hall–Kier alpha value is -2.16. The number of carbonyl (C=O) groups is 1. The quantitative estimate of drug-likeness (QED) is 0.891. The molecular weight excluding hydrogens is 296 g/mol. The molecule has 1 heterocycles. The SMILES string of the molecule is CC(C)(C(=O)NCC(O)c1ccsc1)c1cccc(C#N)c1. The lowest BCUT2D eigenvalue weighted by Gasteiger charge is -2.25. The predicted octanol–water partition coefficient (Wildman–Crippen LogP) is 2.75. The van der Waals surface area contributed by atoms with Crippen molar-refractivity contribution < 1.29 is 9.90 Å². The van der Waals surface area contributed by atoms with Crippen LogP contribution in [0.1, 0.15) is 36.6 Å². The number of aliphatic hydroxyl groups is 1. The number of hydrogen-bond donors (Lipinski definition) is 2. The number of carbonyl (C=O) groups excluding carboxylic acids is 1. The fourth-order valence-corrected chi connectivity index (χ4v) is 2.81. The summed E-state index contributed by atoms with van der Waals surface area (Å²) in [6.45, 7) is 3.77. The average Bonchev–Trinajstić information content (AvgIpc) is 3.06. The lowest BCUT2D eigenvalue weighted by atomic mass is 9.83. The molecule has 0 spiro atoms. The van der Waals surface area contributed by atoms with Crippen LogP contribution in [-0.2, 0) is 10.2 Å². The normalized spacial score (nSPS) is 12.5. The highest BCUT2D eigenvalue weighted by atomic mass is 32.1. The van der Waals surface area contributed by atoms with Gasteiger partial charge in [-0.1, -0.05) is 12.1 Å². The molecule has 0 radical (unpaired) electrons. The van der Waals surface area contributed by atoms with E-state index in [4.69, 9.17) is 5.26 Å². The smallest absolute Gasteiger partial charge is 0.230 e. The molecule has 1 unspecified atom stereocenters. The standard InChI is InChI=1S/C17H18N2O2S/c1-17(2,14-5-3-4-12(8-14)9-18)16(21)19-10-15(20)13-6-7-22-11-13/h3-8,11,15,20H,10H2,1-2H3,(H,19,21). The third-order valence-corrected chi connectivity index (χ3v) is 4.37. The monoisotopic (exact) mass is 314 g/mol. The van der Waals surface area contributed by atoms with Crippen molar-refractivity contribution in [1.29, 1.82) is 5.26 Å². The molecule has 22 heavy (non-hydrogen) atoms. The van der Waals surface area contributed by atoms with Gasteiger partial charge in [-0.05, 0) is 53.9 Å². The molecule has 0 saturated heterocycles. The molecule has 0 aliphatic rings. The van der Waals surface area contributed by atoms with Crippen LogP contribution in [-0.4, -0.2) is 17.6 Å². The third kappa shape index (κ3) is 3.53. The first-order chi connectivity index (χ1) is 10.4. The van der Waals surface area contributed by atoms with Gasteiger partial charge in [0.05, 0.1) is 23.2 Å². The van der Waals surface area contributed by atoms with E-state index in [1.54, 1.807) is 32.0 Å². The van der Waals surface area contributed by atoms with E-state index in [1.165, 1.54) is 11.3 Å². The Morgan fingerprint density at radius 1 is 1.45 bits per heavy atom. The van der Waals surface area contributed by atoms with Gasteiger partial charge in [-0.25, -0.2) is 0 Å². The minimum absolute atomic E-state index is 0.164. The molecule has 0 aliphatic carbocycles. The Bertz CT molecular complexity index is 687. The minimum Gasteiger partial charge on any atom is -0.387 e. The maximum Gasteiger partial charge on any atom is 0.230 e. The summed E-state index contributed by atoms with van der Waals surface area (Å²) < 4.78 is 0. The second-order valence-corrected chi connectivity index (χ2v) is 6.38. The van der Waals surface area contributed by atoms with E-state index in [9.17, 15) is 9.90 Å². The topological polar surface area (TPSA) is 73.1 Å². The maximum atomic E-state index is 12.4. The van der Waals surface area contributed by atoms with Crippen molar-refractivity contribution in [2.24, 2.45) is 0 Å². The highest BCUT2D eigenvalue weighted by Gasteiger charge is 2.30. The molecule has 0 saturated carbocycles. The molecule has 1 amide bonds. The Morgan fingerprint density at radius 2 is 2.23 bits per heavy atom. The molecule has 0 fully saturated rings. The first-order valence-corrected chi connectivity index (χ1v) is 7.88. The summed E-state index contributed by atoms with van der Waals surface area (Å²) in [4.78, 5) is 12.4. The van der Waals surface area contributed by atoms with Crippen molar-refractivity contribution in [2.75, 3.05) is 6.54 Å². The molecular formula is C17H18N2O2S. The molecule has 2 N–H and O–H groups in total. The minimum atomic E-state index is -0.777. The number of nitriles is 1. The molecule has 0 aliphatic heterocycles. The second-order valence-electron chi connectivity index (χ2n) is 5.60. The van der Waals surface area contributed by atoms with Gasteiger partial charge in [0.2, 0.25) is 5.91 Å². The fourth-order valence-electron chi connectivity index (χ4n) is 2.10. The lowest BCUT2D eigenvalue weighted by molar-refractivity contribution is -0.126. The van der Waals surface area contributed by atoms with Crippen molar-refractivity contribution in [3.63, 3.8) is 0 Å². The number of hydrogen-bond acceptors (Lipinski definition) is 4. The summed E-state index contributed by atoms with van der Waals surface area (Å²) >= 11 is 1.51. The Morgan fingerprint density at radius 3 is 2.86 bits per heavy atom. The number of nitrogens with zero attached hydrogens (tertiary/aromatic N) is 1. The summed E-state index contributed by atoms with van der Waals surface area (Å²) in [7, 11) is 0. The van der Waals surface area contributed by atoms with Crippen molar-refractivity contribution >= 4 is 17.2 Å². The summed E-state index contributed by atoms with van der Waals surface area (Å²) in [6.07, 6.45) is -0.712. The largest absolute Gasteiger partial charge is 0.387 e. The van der Waals surface area contributed by atoms with Crippen molar-refractivity contribution in [3.8, 4) is 6.07 Å². The van der Waals surface area contributed by atoms with E-state index >= 15 is 0 Å². The van der Waals surface area contributed by atoms with Crippen LogP contribution in [0.5, 0.6) is 0 Å². The number of thiophene rings is 1. The first kappa shape index (κ1) is 16.2. The fraction of sp³-hybridized carbons (Fsp3) is 0.294. The van der Waals surface area contributed by atoms with E-state index in [0.29, 0.717) is 5.56 Å². The van der Waals surface area contributed by atoms with Crippen LogP contribution in [0.3, 0.4) is 0 Å². The van der Waals surface area contributed by atoms with Gasteiger partial charge in [-0.15, -0.1) is 0 Å². The number of aliphatic hydroxyl groups excluding tert-OH is 1. The van der Waals surface area contributed by atoms with Crippen LogP contribution in [0.2, 0.25) is 0 Å². The summed E-state index contributed by atoms with van der Waals surface area (Å²) in [5, 5.41) is 25.5. The molecule has 1 atom stereocenters. The summed E-state index contributed by atoms with van der Waals surface area (Å²) in [5.41, 5.74) is 1.32. The van der Waals surface area contributed by atoms with E-state index in [2.05, 4.69) is 11.4 Å². The Balaban J connectivity index is 2.05. The van der Waals surface area contributed by atoms with Gasteiger partial charge in [-0.3, -0.25) is 4.79 Å². The zero-order valence-corrected chi connectivity index (χ0v) is 13.4. The van der Waals surface area contributed by atoms with Gasteiger partial charge < -0.3 is 10.4 Å².